The van der Waals surface area contributed by atoms with Gasteiger partial charge in [0.05, 0.1) is 6.04 Å². The molecule has 0 radical (unpaired) electrons. The zero-order valence-corrected chi connectivity index (χ0v) is 9.07. The molecule has 1 rings (SSSR count). The van der Waals surface area contributed by atoms with Gasteiger partial charge in [0, 0.05) is 0 Å². The molecule has 1 amide bonds. The van der Waals surface area contributed by atoms with E-state index in [1.807, 2.05) is 6.92 Å². The number of nitrogens with two attached hydrogens (primary N) is 1. The number of carbonyl (C=O) groups excluding carboxylic acids is 1. The lowest BCUT2D eigenvalue weighted by Crippen LogP contribution is -2.27. The van der Waals surface area contributed by atoms with Crippen molar-refractivity contribution < 1.29 is 14.0 Å². The summed E-state index contributed by atoms with van der Waals surface area (Å²) < 4.78 is 13.0. The molecule has 4 nitrogen and oxygen atoms in total. The number of primary amides is 1. The largest absolute Gasteiger partial charge is 0.368 e. The molecule has 0 saturated carbocycles. The second kappa shape index (κ2) is 6.19. The second-order valence-electron chi connectivity index (χ2n) is 3.39. The maximum absolute atomic E-state index is 13.0. The normalized spacial score (nSPS) is 12.4. The van der Waals surface area contributed by atoms with Gasteiger partial charge in [-0.25, -0.2) is 4.39 Å². The highest BCUT2D eigenvalue weighted by atomic mass is 19.1. The highest BCUT2D eigenvalue weighted by Gasteiger charge is 2.09. The monoisotopic (exact) mass is 226 g/mol. The summed E-state index contributed by atoms with van der Waals surface area (Å²) >= 11 is 0. The van der Waals surface area contributed by atoms with Gasteiger partial charge in [0.25, 0.3) is 0 Å². The maximum atomic E-state index is 13.0. The Morgan fingerprint density at radius 3 is 2.94 bits per heavy atom. The summed E-state index contributed by atoms with van der Waals surface area (Å²) in [5.41, 5.74) is 8.37. The maximum Gasteiger partial charge on any atom is 0.245 e. The number of halogens is 1. The lowest BCUT2D eigenvalue weighted by molar-refractivity contribution is -0.126. The third kappa shape index (κ3) is 3.96. The molecule has 5 heteroatoms. The molecule has 0 bridgehead atoms. The van der Waals surface area contributed by atoms with Crippen LogP contribution in [-0.2, 0) is 9.63 Å². The molecule has 0 fully saturated rings. The van der Waals surface area contributed by atoms with Crippen LogP contribution in [0.2, 0.25) is 0 Å². The summed E-state index contributed by atoms with van der Waals surface area (Å²) in [5.74, 6) is -0.853. The molecule has 0 aliphatic carbocycles. The fourth-order valence-electron chi connectivity index (χ4n) is 1.32. The van der Waals surface area contributed by atoms with Crippen LogP contribution < -0.4 is 11.2 Å². The van der Waals surface area contributed by atoms with Crippen molar-refractivity contribution in [1.82, 2.24) is 5.48 Å². The fraction of sp³-hybridized carbons (Fsp3) is 0.364. The van der Waals surface area contributed by atoms with E-state index in [0.717, 1.165) is 5.56 Å². The zero-order valence-electron chi connectivity index (χ0n) is 9.07. The topological polar surface area (TPSA) is 64.3 Å². The Labute approximate surface area is 93.5 Å². The molecule has 0 saturated heterocycles. The molecule has 3 N–H and O–H groups in total. The third-order valence-electron chi connectivity index (χ3n) is 2.10. The first kappa shape index (κ1) is 12.6. The molecule has 1 aromatic carbocycles. The average Bonchev–Trinajstić information content (AvgIpc) is 2.24. The van der Waals surface area contributed by atoms with Crippen LogP contribution in [0.4, 0.5) is 4.39 Å². The number of hydrogen-bond donors (Lipinski definition) is 2. The summed E-state index contributed by atoms with van der Waals surface area (Å²) in [6.45, 7) is 1.72. The van der Waals surface area contributed by atoms with Gasteiger partial charge >= 0.3 is 0 Å². The van der Waals surface area contributed by atoms with E-state index < -0.39 is 5.91 Å². The molecule has 1 atom stereocenters. The molecular formula is C11H15FN2O2. The molecule has 1 unspecified atom stereocenters. The Hall–Kier alpha value is -1.46. The van der Waals surface area contributed by atoms with Crippen molar-refractivity contribution in [2.45, 2.75) is 19.4 Å². The van der Waals surface area contributed by atoms with Gasteiger partial charge in [-0.15, -0.1) is 0 Å². The minimum atomic E-state index is -0.554. The third-order valence-corrected chi connectivity index (χ3v) is 2.10. The predicted molar refractivity (Wildman–Crippen MR) is 57.7 cm³/mol. The number of rotatable bonds is 6. The van der Waals surface area contributed by atoms with E-state index in [9.17, 15) is 9.18 Å². The van der Waals surface area contributed by atoms with E-state index in [1.165, 1.54) is 12.1 Å². The Morgan fingerprint density at radius 1 is 1.62 bits per heavy atom. The van der Waals surface area contributed by atoms with Gasteiger partial charge in [-0.05, 0) is 24.1 Å². The minimum absolute atomic E-state index is 0.157. The van der Waals surface area contributed by atoms with Gasteiger partial charge in [-0.1, -0.05) is 19.1 Å². The summed E-state index contributed by atoms with van der Waals surface area (Å²) in [4.78, 5) is 15.4. The minimum Gasteiger partial charge on any atom is -0.368 e. The first-order valence-electron chi connectivity index (χ1n) is 5.04. The molecular weight excluding hydrogens is 211 g/mol. The number of benzene rings is 1. The van der Waals surface area contributed by atoms with Crippen molar-refractivity contribution in [2.75, 3.05) is 6.61 Å². The van der Waals surface area contributed by atoms with Crippen molar-refractivity contribution in [2.24, 2.45) is 5.73 Å². The molecule has 1 aromatic rings. The first-order valence-corrected chi connectivity index (χ1v) is 5.04. The number of hydrogen-bond acceptors (Lipinski definition) is 3. The zero-order chi connectivity index (χ0) is 12.0. The average molecular weight is 226 g/mol. The van der Waals surface area contributed by atoms with Gasteiger partial charge in [-0.3, -0.25) is 9.63 Å². The highest BCUT2D eigenvalue weighted by Crippen LogP contribution is 2.17. The van der Waals surface area contributed by atoms with Crippen molar-refractivity contribution in [3.05, 3.63) is 35.6 Å². The van der Waals surface area contributed by atoms with Crippen molar-refractivity contribution in [3.8, 4) is 0 Å². The molecule has 0 heterocycles. The smallest absolute Gasteiger partial charge is 0.245 e. The van der Waals surface area contributed by atoms with Crippen LogP contribution in [-0.4, -0.2) is 12.5 Å². The number of nitrogens with one attached hydrogen (secondary N) is 1. The van der Waals surface area contributed by atoms with E-state index in [2.05, 4.69) is 5.48 Å². The van der Waals surface area contributed by atoms with Crippen LogP contribution in [0.3, 0.4) is 0 Å². The fourth-order valence-corrected chi connectivity index (χ4v) is 1.32. The predicted octanol–water partition coefficient (Wildman–Crippen LogP) is 1.28. The lowest BCUT2D eigenvalue weighted by atomic mass is 10.1. The van der Waals surface area contributed by atoms with Gasteiger partial charge < -0.3 is 5.73 Å². The summed E-state index contributed by atoms with van der Waals surface area (Å²) in [6, 6.07) is 6.06. The second-order valence-corrected chi connectivity index (χ2v) is 3.39. The van der Waals surface area contributed by atoms with Crippen molar-refractivity contribution in [3.63, 3.8) is 0 Å². The van der Waals surface area contributed by atoms with E-state index in [4.69, 9.17) is 10.6 Å². The van der Waals surface area contributed by atoms with E-state index in [1.54, 1.807) is 12.1 Å². The Morgan fingerprint density at radius 2 is 2.38 bits per heavy atom. The molecule has 0 aliphatic heterocycles. The Kier molecular flexibility index (Phi) is 4.88. The highest BCUT2D eigenvalue weighted by molar-refractivity contribution is 5.74. The van der Waals surface area contributed by atoms with Gasteiger partial charge in [0.1, 0.15) is 12.4 Å². The molecule has 0 aliphatic rings. The van der Waals surface area contributed by atoms with E-state index in [-0.39, 0.29) is 18.5 Å². The van der Waals surface area contributed by atoms with Crippen molar-refractivity contribution in [1.29, 1.82) is 0 Å². The quantitative estimate of drug-likeness (QED) is 0.718. The first-order chi connectivity index (χ1) is 7.63. The Bertz CT molecular complexity index is 358. The van der Waals surface area contributed by atoms with Gasteiger partial charge in [0.2, 0.25) is 5.91 Å². The van der Waals surface area contributed by atoms with Crippen LogP contribution in [0.5, 0.6) is 0 Å². The molecule has 16 heavy (non-hydrogen) atoms. The van der Waals surface area contributed by atoms with Crippen molar-refractivity contribution >= 4 is 5.91 Å². The summed E-state index contributed by atoms with van der Waals surface area (Å²) in [7, 11) is 0. The van der Waals surface area contributed by atoms with Crippen LogP contribution in [0.1, 0.15) is 24.9 Å². The van der Waals surface area contributed by atoms with Crippen LogP contribution in [0.15, 0.2) is 24.3 Å². The molecule has 88 valence electrons. The van der Waals surface area contributed by atoms with Gasteiger partial charge in [0.15, 0.2) is 0 Å². The van der Waals surface area contributed by atoms with Gasteiger partial charge in [-0.2, -0.15) is 5.48 Å². The summed E-state index contributed by atoms with van der Waals surface area (Å²) in [6.07, 6.45) is 0.711. The van der Waals surface area contributed by atoms with Crippen LogP contribution in [0.25, 0.3) is 0 Å². The SMILES string of the molecule is CCC(NOCC(N)=O)c1cccc(F)c1. The van der Waals surface area contributed by atoms with E-state index >= 15 is 0 Å². The van der Waals surface area contributed by atoms with Crippen LogP contribution in [0, 0.1) is 5.82 Å². The van der Waals surface area contributed by atoms with Crippen LogP contribution >= 0.6 is 0 Å². The van der Waals surface area contributed by atoms with E-state index in [0.29, 0.717) is 6.42 Å². The molecule has 0 spiro atoms. The molecule has 0 aromatic heterocycles. The summed E-state index contributed by atoms with van der Waals surface area (Å²) in [5, 5.41) is 0. The number of carbonyl (C=O) groups is 1. The Balaban J connectivity index is 2.57. The standard InChI is InChI=1S/C11H15FN2O2/c1-2-10(14-16-7-11(13)15)8-4-3-5-9(12)6-8/h3-6,10,14H,2,7H2,1H3,(H2,13,15). The lowest BCUT2D eigenvalue weighted by Gasteiger charge is -2.16. The number of amides is 1. The number of hydroxylamine groups is 1.